The maximum atomic E-state index is 12.8. The Labute approximate surface area is 150 Å². The van der Waals surface area contributed by atoms with Crippen LogP contribution in [0.2, 0.25) is 0 Å². The standard InChI is InChI=1S/C21H15N3O2/c1-13-16(5-2-6-20(13)25)21(26)14-7-8-17-18(10-14)24-19(12-23-17)15-4-3-9-22-11-15/h2-12,25H,1H3. The average Bonchev–Trinajstić information content (AvgIpc) is 2.69. The highest BCUT2D eigenvalue weighted by Gasteiger charge is 2.15. The summed E-state index contributed by atoms with van der Waals surface area (Å²) < 4.78 is 0. The number of hydrogen-bond donors (Lipinski definition) is 1. The smallest absolute Gasteiger partial charge is 0.193 e. The van der Waals surface area contributed by atoms with Crippen molar-refractivity contribution in [3.8, 4) is 17.0 Å². The molecule has 4 rings (SSSR count). The number of ketones is 1. The quantitative estimate of drug-likeness (QED) is 0.571. The largest absolute Gasteiger partial charge is 0.508 e. The van der Waals surface area contributed by atoms with Gasteiger partial charge < -0.3 is 5.11 Å². The van der Waals surface area contributed by atoms with E-state index in [-0.39, 0.29) is 11.5 Å². The molecule has 0 aliphatic carbocycles. The Morgan fingerprint density at radius 1 is 1.00 bits per heavy atom. The predicted octanol–water partition coefficient (Wildman–Crippen LogP) is 3.94. The molecule has 0 radical (unpaired) electrons. The molecule has 0 aliphatic rings. The number of fused-ring (bicyclic) bond motifs is 1. The second-order valence-electron chi connectivity index (χ2n) is 5.98. The SMILES string of the molecule is Cc1c(O)cccc1C(=O)c1ccc2ncc(-c3cccnc3)nc2c1. The van der Waals surface area contributed by atoms with Crippen molar-refractivity contribution < 1.29 is 9.90 Å². The van der Waals surface area contributed by atoms with E-state index in [2.05, 4.69) is 15.0 Å². The maximum Gasteiger partial charge on any atom is 0.193 e. The molecule has 5 nitrogen and oxygen atoms in total. The number of hydrogen-bond acceptors (Lipinski definition) is 5. The van der Waals surface area contributed by atoms with Gasteiger partial charge in [0.1, 0.15) is 5.75 Å². The van der Waals surface area contributed by atoms with Gasteiger partial charge in [-0.1, -0.05) is 12.1 Å². The van der Waals surface area contributed by atoms with Crippen LogP contribution >= 0.6 is 0 Å². The number of aromatic hydroxyl groups is 1. The molecule has 5 heteroatoms. The molecular weight excluding hydrogens is 326 g/mol. The topological polar surface area (TPSA) is 76.0 Å². The number of phenolic OH excluding ortho intramolecular Hbond substituents is 1. The molecule has 1 N–H and O–H groups in total. The van der Waals surface area contributed by atoms with Gasteiger partial charge in [-0.05, 0) is 43.3 Å². The lowest BCUT2D eigenvalue weighted by Gasteiger charge is -2.08. The van der Waals surface area contributed by atoms with Crippen molar-refractivity contribution in [1.82, 2.24) is 15.0 Å². The second-order valence-corrected chi connectivity index (χ2v) is 5.98. The molecule has 0 atom stereocenters. The number of benzene rings is 2. The molecule has 0 amide bonds. The second kappa shape index (κ2) is 6.37. The molecule has 2 heterocycles. The summed E-state index contributed by atoms with van der Waals surface area (Å²) >= 11 is 0. The van der Waals surface area contributed by atoms with Crippen molar-refractivity contribution in [1.29, 1.82) is 0 Å². The van der Waals surface area contributed by atoms with E-state index in [0.29, 0.717) is 33.4 Å². The van der Waals surface area contributed by atoms with Gasteiger partial charge in [0.25, 0.3) is 0 Å². The van der Waals surface area contributed by atoms with E-state index in [1.807, 2.05) is 12.1 Å². The molecule has 2 aromatic carbocycles. The molecule has 0 saturated carbocycles. The van der Waals surface area contributed by atoms with Gasteiger partial charge in [0.05, 0.1) is 22.9 Å². The van der Waals surface area contributed by atoms with Gasteiger partial charge in [0, 0.05) is 34.6 Å². The molecule has 0 fully saturated rings. The molecule has 0 bridgehead atoms. The Balaban J connectivity index is 1.79. The van der Waals surface area contributed by atoms with Crippen molar-refractivity contribution in [3.05, 3.63) is 83.8 Å². The minimum atomic E-state index is -0.158. The fourth-order valence-electron chi connectivity index (χ4n) is 2.83. The van der Waals surface area contributed by atoms with Crippen LogP contribution in [0.15, 0.2) is 67.1 Å². The van der Waals surface area contributed by atoms with E-state index < -0.39 is 0 Å². The van der Waals surface area contributed by atoms with Crippen LogP contribution in [-0.4, -0.2) is 25.8 Å². The minimum Gasteiger partial charge on any atom is -0.508 e. The number of carbonyl (C=O) groups is 1. The highest BCUT2D eigenvalue weighted by Crippen LogP contribution is 2.24. The van der Waals surface area contributed by atoms with Crippen LogP contribution in [0.5, 0.6) is 5.75 Å². The molecule has 4 aromatic rings. The van der Waals surface area contributed by atoms with E-state index in [0.717, 1.165) is 5.56 Å². The maximum absolute atomic E-state index is 12.8. The third kappa shape index (κ3) is 2.80. The lowest BCUT2D eigenvalue weighted by molar-refractivity contribution is 0.103. The molecule has 26 heavy (non-hydrogen) atoms. The first-order valence-electron chi connectivity index (χ1n) is 8.14. The van der Waals surface area contributed by atoms with Crippen LogP contribution in [0, 0.1) is 6.92 Å². The monoisotopic (exact) mass is 341 g/mol. The van der Waals surface area contributed by atoms with Crippen LogP contribution in [0.3, 0.4) is 0 Å². The highest BCUT2D eigenvalue weighted by molar-refractivity contribution is 6.11. The highest BCUT2D eigenvalue weighted by atomic mass is 16.3. The summed E-state index contributed by atoms with van der Waals surface area (Å²) in [6.07, 6.45) is 5.12. The van der Waals surface area contributed by atoms with Gasteiger partial charge in [0.2, 0.25) is 0 Å². The normalized spacial score (nSPS) is 10.8. The van der Waals surface area contributed by atoms with Crippen LogP contribution in [-0.2, 0) is 0 Å². The zero-order valence-electron chi connectivity index (χ0n) is 14.0. The van der Waals surface area contributed by atoms with Crippen LogP contribution in [0.4, 0.5) is 0 Å². The Bertz CT molecular complexity index is 1120. The Morgan fingerprint density at radius 2 is 1.88 bits per heavy atom. The van der Waals surface area contributed by atoms with Crippen molar-refractivity contribution in [2.24, 2.45) is 0 Å². The first-order chi connectivity index (χ1) is 12.6. The van der Waals surface area contributed by atoms with E-state index >= 15 is 0 Å². The van der Waals surface area contributed by atoms with Crippen molar-refractivity contribution in [3.63, 3.8) is 0 Å². The summed E-state index contributed by atoms with van der Waals surface area (Å²) in [5.74, 6) is -0.0517. The van der Waals surface area contributed by atoms with E-state index in [4.69, 9.17) is 0 Å². The number of rotatable bonds is 3. The summed E-state index contributed by atoms with van der Waals surface area (Å²) in [5.41, 5.74) is 4.44. The zero-order valence-corrected chi connectivity index (χ0v) is 14.0. The zero-order chi connectivity index (χ0) is 18.1. The lowest BCUT2D eigenvalue weighted by atomic mass is 9.98. The first kappa shape index (κ1) is 15.9. The van der Waals surface area contributed by atoms with E-state index in [1.54, 1.807) is 61.9 Å². The van der Waals surface area contributed by atoms with Gasteiger partial charge in [-0.15, -0.1) is 0 Å². The van der Waals surface area contributed by atoms with Crippen molar-refractivity contribution >= 4 is 16.8 Å². The van der Waals surface area contributed by atoms with Crippen LogP contribution in [0.25, 0.3) is 22.3 Å². The third-order valence-electron chi connectivity index (χ3n) is 4.31. The first-order valence-corrected chi connectivity index (χ1v) is 8.14. The fourth-order valence-corrected chi connectivity index (χ4v) is 2.83. The van der Waals surface area contributed by atoms with Crippen molar-refractivity contribution in [2.75, 3.05) is 0 Å². The molecule has 2 aromatic heterocycles. The van der Waals surface area contributed by atoms with Gasteiger partial charge in [-0.2, -0.15) is 0 Å². The van der Waals surface area contributed by atoms with Gasteiger partial charge in [-0.3, -0.25) is 14.8 Å². The predicted molar refractivity (Wildman–Crippen MR) is 99.0 cm³/mol. The molecule has 0 spiro atoms. The molecule has 0 saturated heterocycles. The summed E-state index contributed by atoms with van der Waals surface area (Å²) in [4.78, 5) is 26.0. The minimum absolute atomic E-state index is 0.107. The fraction of sp³-hybridized carbons (Fsp3) is 0.0476. The van der Waals surface area contributed by atoms with Crippen LogP contribution in [0.1, 0.15) is 21.5 Å². The van der Waals surface area contributed by atoms with Gasteiger partial charge in [0.15, 0.2) is 5.78 Å². The number of phenols is 1. The van der Waals surface area contributed by atoms with E-state index in [9.17, 15) is 9.90 Å². The summed E-state index contributed by atoms with van der Waals surface area (Å²) in [5, 5.41) is 9.85. The van der Waals surface area contributed by atoms with Crippen LogP contribution < -0.4 is 0 Å². The number of carbonyl (C=O) groups excluding carboxylic acids is 1. The number of nitrogens with zero attached hydrogens (tertiary/aromatic N) is 3. The molecular formula is C21H15N3O2. The average molecular weight is 341 g/mol. The van der Waals surface area contributed by atoms with Crippen molar-refractivity contribution in [2.45, 2.75) is 6.92 Å². The van der Waals surface area contributed by atoms with E-state index in [1.165, 1.54) is 0 Å². The molecule has 126 valence electrons. The Kier molecular flexibility index (Phi) is 3.89. The summed E-state index contributed by atoms with van der Waals surface area (Å²) in [6, 6.07) is 13.9. The summed E-state index contributed by atoms with van der Waals surface area (Å²) in [7, 11) is 0. The number of pyridine rings is 1. The van der Waals surface area contributed by atoms with Gasteiger partial charge in [-0.25, -0.2) is 4.98 Å². The number of aromatic nitrogens is 3. The molecule has 0 unspecified atom stereocenters. The molecule has 0 aliphatic heterocycles. The lowest BCUT2D eigenvalue weighted by Crippen LogP contribution is -2.04. The Hall–Kier alpha value is -3.60. The summed E-state index contributed by atoms with van der Waals surface area (Å²) in [6.45, 7) is 1.73. The Morgan fingerprint density at radius 3 is 2.69 bits per heavy atom. The third-order valence-corrected chi connectivity index (χ3v) is 4.31. The van der Waals surface area contributed by atoms with Gasteiger partial charge >= 0.3 is 0 Å².